The number of aliphatic hydroxyl groups is 1. The highest BCUT2D eigenvalue weighted by atomic mass is 19.4. The first-order valence-corrected chi connectivity index (χ1v) is 15.0. The summed E-state index contributed by atoms with van der Waals surface area (Å²) in [6.45, 7) is 3.50. The molecule has 0 spiro atoms. The monoisotopic (exact) mass is 611 g/mol. The van der Waals surface area contributed by atoms with Gasteiger partial charge in [-0.25, -0.2) is 9.98 Å². The van der Waals surface area contributed by atoms with Gasteiger partial charge in [-0.05, 0) is 50.4 Å². The number of nitriles is 1. The van der Waals surface area contributed by atoms with E-state index in [2.05, 4.69) is 41.7 Å². The molecule has 6 rings (SSSR count). The molecule has 2 aromatic rings. The van der Waals surface area contributed by atoms with Crippen molar-refractivity contribution in [1.29, 1.82) is 5.26 Å². The molecule has 44 heavy (non-hydrogen) atoms. The van der Waals surface area contributed by atoms with Crippen LogP contribution in [0.4, 0.5) is 13.2 Å². The van der Waals surface area contributed by atoms with Crippen LogP contribution in [0.3, 0.4) is 0 Å². The highest BCUT2D eigenvalue weighted by Crippen LogP contribution is 2.46. The lowest BCUT2D eigenvalue weighted by molar-refractivity contribution is -0.141. The summed E-state index contributed by atoms with van der Waals surface area (Å²) in [6.07, 6.45) is 7.15. The molecule has 234 valence electrons. The predicted molar refractivity (Wildman–Crippen MR) is 156 cm³/mol. The molecule has 3 aliphatic heterocycles. The number of aliphatic imine (C=N–C) groups is 2. The summed E-state index contributed by atoms with van der Waals surface area (Å²) >= 11 is 0. The molecule has 1 saturated heterocycles. The van der Waals surface area contributed by atoms with E-state index in [0.29, 0.717) is 24.8 Å². The van der Waals surface area contributed by atoms with Crippen molar-refractivity contribution in [2.24, 2.45) is 15.9 Å². The van der Waals surface area contributed by atoms with E-state index in [-0.39, 0.29) is 48.6 Å². The van der Waals surface area contributed by atoms with Crippen LogP contribution < -0.4 is 15.4 Å². The molecule has 2 aromatic heterocycles. The van der Waals surface area contributed by atoms with Gasteiger partial charge in [0.05, 0.1) is 42.3 Å². The number of fused-ring (bicyclic) bond motifs is 1. The SMILES string of the molecule is C[C@H](O)CNCc1cc(OC2CCN(C3CC(CC#N)(n4cc(C5N=CN=C6NC=CC65)cn4)C3)CC2)nc(C(F)(F)F)c1. The van der Waals surface area contributed by atoms with Crippen LogP contribution in [-0.4, -0.2) is 74.8 Å². The smallest absolute Gasteiger partial charge is 0.433 e. The molecule has 14 heteroatoms. The number of aliphatic hydroxyl groups excluding tert-OH is 1. The maximum atomic E-state index is 13.5. The summed E-state index contributed by atoms with van der Waals surface area (Å²) in [7, 11) is 0. The number of halogens is 3. The van der Waals surface area contributed by atoms with Gasteiger partial charge in [-0.1, -0.05) is 6.08 Å². The van der Waals surface area contributed by atoms with Gasteiger partial charge in [-0.15, -0.1) is 0 Å². The van der Waals surface area contributed by atoms with Crippen molar-refractivity contribution < 1.29 is 23.0 Å². The van der Waals surface area contributed by atoms with E-state index >= 15 is 0 Å². The molecule has 2 fully saturated rings. The summed E-state index contributed by atoms with van der Waals surface area (Å²) in [5, 5.41) is 29.9. The summed E-state index contributed by atoms with van der Waals surface area (Å²) in [5.74, 6) is 0.879. The minimum atomic E-state index is -4.59. The molecule has 1 aliphatic carbocycles. The molecule has 4 aliphatic rings. The molecule has 0 aromatic carbocycles. The quantitative estimate of drug-likeness (QED) is 0.373. The molecule has 0 amide bonds. The average Bonchev–Trinajstić information content (AvgIpc) is 3.65. The molecule has 3 atom stereocenters. The Bertz CT molecular complexity index is 1460. The molecular weight excluding hydrogens is 575 g/mol. The van der Waals surface area contributed by atoms with Crippen molar-refractivity contribution in [3.05, 3.63) is 53.6 Å². The zero-order valence-electron chi connectivity index (χ0n) is 24.4. The van der Waals surface area contributed by atoms with Crippen LogP contribution in [0.1, 0.15) is 61.9 Å². The minimum absolute atomic E-state index is 0.0390. The zero-order chi connectivity index (χ0) is 30.9. The fourth-order valence-corrected chi connectivity index (χ4v) is 6.56. The Labute approximate surface area is 253 Å². The molecular formula is C30H36F3N9O2. The molecule has 0 radical (unpaired) electrons. The molecule has 11 nitrogen and oxygen atoms in total. The lowest BCUT2D eigenvalue weighted by Crippen LogP contribution is -2.58. The van der Waals surface area contributed by atoms with Gasteiger partial charge in [0, 0.05) is 50.0 Å². The number of alkyl halides is 3. The van der Waals surface area contributed by atoms with Crippen LogP contribution in [0, 0.1) is 17.2 Å². The second-order valence-corrected chi connectivity index (χ2v) is 12.1. The Hall–Kier alpha value is -3.80. The van der Waals surface area contributed by atoms with E-state index in [4.69, 9.17) is 4.74 Å². The zero-order valence-corrected chi connectivity index (χ0v) is 24.4. The van der Waals surface area contributed by atoms with E-state index in [1.54, 1.807) is 13.3 Å². The number of hydrogen-bond acceptors (Lipinski definition) is 10. The molecule has 2 unspecified atom stereocenters. The Kier molecular flexibility index (Phi) is 8.45. The number of amidine groups is 1. The number of likely N-dealkylation sites (tertiary alicyclic amines) is 1. The summed E-state index contributed by atoms with van der Waals surface area (Å²) in [5.41, 5.74) is -0.00209. The normalized spacial score (nSPS) is 27.6. The first-order chi connectivity index (χ1) is 21.1. The number of piperidine rings is 1. The van der Waals surface area contributed by atoms with Crippen molar-refractivity contribution in [1.82, 2.24) is 30.3 Å². The minimum Gasteiger partial charge on any atom is -0.474 e. The number of pyridine rings is 1. The van der Waals surface area contributed by atoms with Gasteiger partial charge in [0.15, 0.2) is 0 Å². The van der Waals surface area contributed by atoms with Crippen LogP contribution in [0.5, 0.6) is 5.88 Å². The molecule has 0 bridgehead atoms. The third-order valence-electron chi connectivity index (χ3n) is 8.89. The summed E-state index contributed by atoms with van der Waals surface area (Å²) in [4.78, 5) is 15.0. The first-order valence-electron chi connectivity index (χ1n) is 15.0. The van der Waals surface area contributed by atoms with Gasteiger partial charge in [0.2, 0.25) is 5.88 Å². The van der Waals surface area contributed by atoms with E-state index in [9.17, 15) is 23.5 Å². The van der Waals surface area contributed by atoms with Crippen molar-refractivity contribution in [3.8, 4) is 11.9 Å². The Morgan fingerprint density at radius 2 is 2.07 bits per heavy atom. The van der Waals surface area contributed by atoms with E-state index in [1.807, 2.05) is 29.4 Å². The second-order valence-electron chi connectivity index (χ2n) is 12.1. The van der Waals surface area contributed by atoms with Gasteiger partial charge in [-0.3, -0.25) is 14.6 Å². The topological polar surface area (TPSA) is 136 Å². The second kappa shape index (κ2) is 12.3. The van der Waals surface area contributed by atoms with Gasteiger partial charge in [0.1, 0.15) is 24.0 Å². The number of rotatable bonds is 10. The molecule has 3 N–H and O–H groups in total. The number of nitrogens with one attached hydrogen (secondary N) is 2. The van der Waals surface area contributed by atoms with Gasteiger partial charge >= 0.3 is 6.18 Å². The number of hydrogen-bond donors (Lipinski definition) is 3. The number of nitrogens with zero attached hydrogens (tertiary/aromatic N) is 7. The third kappa shape index (κ3) is 6.36. The highest BCUT2D eigenvalue weighted by molar-refractivity contribution is 5.96. The number of ether oxygens (including phenoxy) is 1. The highest BCUT2D eigenvalue weighted by Gasteiger charge is 2.49. The molecule has 5 heterocycles. The average molecular weight is 612 g/mol. The predicted octanol–water partition coefficient (Wildman–Crippen LogP) is 3.30. The van der Waals surface area contributed by atoms with E-state index in [1.165, 1.54) is 6.07 Å². The maximum absolute atomic E-state index is 13.5. The largest absolute Gasteiger partial charge is 0.474 e. The summed E-state index contributed by atoms with van der Waals surface area (Å²) < 4.78 is 48.5. The fourth-order valence-electron chi connectivity index (χ4n) is 6.56. The van der Waals surface area contributed by atoms with Crippen molar-refractivity contribution in [2.45, 2.75) is 81.6 Å². The van der Waals surface area contributed by atoms with Crippen LogP contribution >= 0.6 is 0 Å². The summed E-state index contributed by atoms with van der Waals surface area (Å²) in [6, 6.07) is 5.07. The van der Waals surface area contributed by atoms with Crippen molar-refractivity contribution in [3.63, 3.8) is 0 Å². The van der Waals surface area contributed by atoms with E-state index in [0.717, 1.165) is 43.4 Å². The van der Waals surface area contributed by atoms with Crippen molar-refractivity contribution in [2.75, 3.05) is 19.6 Å². The Balaban J connectivity index is 1.05. The van der Waals surface area contributed by atoms with Crippen LogP contribution in [0.25, 0.3) is 0 Å². The molecule has 1 saturated carbocycles. The lowest BCUT2D eigenvalue weighted by atomic mass is 9.69. The maximum Gasteiger partial charge on any atom is 0.433 e. The van der Waals surface area contributed by atoms with Gasteiger partial charge in [-0.2, -0.15) is 23.5 Å². The van der Waals surface area contributed by atoms with Crippen LogP contribution in [-0.2, 0) is 18.3 Å². The first kappa shape index (κ1) is 30.2. The Morgan fingerprint density at radius 3 is 2.80 bits per heavy atom. The van der Waals surface area contributed by atoms with Crippen molar-refractivity contribution >= 4 is 12.2 Å². The lowest BCUT2D eigenvalue weighted by Gasteiger charge is -2.52. The van der Waals surface area contributed by atoms with Crippen LogP contribution in [0.2, 0.25) is 0 Å². The van der Waals surface area contributed by atoms with Gasteiger partial charge < -0.3 is 20.5 Å². The third-order valence-corrected chi connectivity index (χ3v) is 8.89. The standard InChI is InChI=1S/C30H36F3N9O2/c1-19(43)14-35-15-20-10-25(30(31,32)33)40-26(11-20)44-23-3-8-41(9-4-23)22-12-29(13-22,5-6-34)42-17-21(16-39-42)27-24-2-7-36-28(24)38-18-37-27/h2,7,10-11,16-19,22-24,27,35,43H,3-5,8-9,12-15H2,1H3,(H,36,37,38)/t19-,22?,24?,27?,29?/m0/s1. The fraction of sp³-hybridized carbons (Fsp3) is 0.567. The number of aromatic nitrogens is 3. The van der Waals surface area contributed by atoms with Crippen LogP contribution in [0.15, 0.2) is 46.8 Å². The van der Waals surface area contributed by atoms with Gasteiger partial charge in [0.25, 0.3) is 0 Å². The Morgan fingerprint density at radius 1 is 1.27 bits per heavy atom. The van der Waals surface area contributed by atoms with E-state index < -0.39 is 18.0 Å².